The van der Waals surface area contributed by atoms with Crippen molar-refractivity contribution in [2.24, 2.45) is 0 Å². The van der Waals surface area contributed by atoms with Gasteiger partial charge in [-0.05, 0) is 17.7 Å². The zero-order chi connectivity index (χ0) is 15.4. The van der Waals surface area contributed by atoms with Crippen molar-refractivity contribution >= 4 is 35.0 Å². The molecule has 0 aliphatic rings. The van der Waals surface area contributed by atoms with E-state index < -0.39 is 0 Å². The number of hydrogen-bond acceptors (Lipinski definition) is 3. The van der Waals surface area contributed by atoms with Gasteiger partial charge in [0.05, 0.1) is 5.69 Å². The number of hydrogen-bond donors (Lipinski definition) is 0. The molecule has 3 aromatic rings. The van der Waals surface area contributed by atoms with Crippen molar-refractivity contribution < 1.29 is 0 Å². The predicted octanol–water partition coefficient (Wildman–Crippen LogP) is 5.74. The smallest absolute Gasteiger partial charge is 0.189 e. The minimum absolute atomic E-state index is 0.451. The Bertz CT molecular complexity index is 761. The topological polar surface area (TPSA) is 25.8 Å². The molecule has 0 aliphatic carbocycles. The molecule has 2 nitrogen and oxygen atoms in total. The largest absolute Gasteiger partial charge is 0.222 e. The fourth-order valence-electron chi connectivity index (χ4n) is 1.95. The molecule has 0 spiro atoms. The molecule has 0 aliphatic heterocycles. The van der Waals surface area contributed by atoms with E-state index in [9.17, 15) is 0 Å². The van der Waals surface area contributed by atoms with Crippen LogP contribution in [0.4, 0.5) is 0 Å². The maximum Gasteiger partial charge on any atom is 0.189 e. The lowest BCUT2D eigenvalue weighted by atomic mass is 10.1. The average Bonchev–Trinajstić information content (AvgIpc) is 2.55. The molecule has 1 heterocycles. The molecule has 0 saturated carbocycles. The number of benzene rings is 2. The Morgan fingerprint density at radius 3 is 2.32 bits per heavy atom. The van der Waals surface area contributed by atoms with Crippen LogP contribution in [0, 0.1) is 0 Å². The first-order chi connectivity index (χ1) is 10.7. The summed E-state index contributed by atoms with van der Waals surface area (Å²) < 4.78 is 0. The molecule has 0 atom stereocenters. The quantitative estimate of drug-likeness (QED) is 0.342. The molecule has 1 aromatic heterocycles. The van der Waals surface area contributed by atoms with E-state index in [1.165, 1.54) is 5.56 Å². The maximum absolute atomic E-state index is 6.12. The van der Waals surface area contributed by atoms with E-state index in [-0.39, 0.29) is 0 Å². The van der Waals surface area contributed by atoms with Gasteiger partial charge in [0, 0.05) is 22.4 Å². The van der Waals surface area contributed by atoms with E-state index in [0.29, 0.717) is 10.3 Å². The van der Waals surface area contributed by atoms with E-state index in [1.807, 2.05) is 54.6 Å². The van der Waals surface area contributed by atoms with Crippen LogP contribution in [0.2, 0.25) is 10.2 Å². The summed E-state index contributed by atoms with van der Waals surface area (Å²) in [4.78, 5) is 8.86. The third-order valence-electron chi connectivity index (χ3n) is 3.03. The van der Waals surface area contributed by atoms with Crippen molar-refractivity contribution in [1.29, 1.82) is 0 Å². The van der Waals surface area contributed by atoms with E-state index in [1.54, 1.807) is 17.8 Å². The molecular formula is C17H12Cl2N2S. The highest BCUT2D eigenvalue weighted by Crippen LogP contribution is 2.26. The first-order valence-electron chi connectivity index (χ1n) is 6.68. The molecular weight excluding hydrogens is 335 g/mol. The van der Waals surface area contributed by atoms with E-state index in [2.05, 4.69) is 9.97 Å². The lowest BCUT2D eigenvalue weighted by Crippen LogP contribution is -1.92. The van der Waals surface area contributed by atoms with Crippen LogP contribution >= 0.6 is 35.0 Å². The van der Waals surface area contributed by atoms with Crippen LogP contribution in [-0.2, 0) is 5.75 Å². The Labute approximate surface area is 143 Å². The van der Waals surface area contributed by atoms with Crippen LogP contribution in [0.3, 0.4) is 0 Å². The van der Waals surface area contributed by atoms with Gasteiger partial charge in [-0.2, -0.15) is 0 Å². The third-order valence-corrected chi connectivity index (χ3v) is 4.39. The summed E-state index contributed by atoms with van der Waals surface area (Å²) in [5.41, 5.74) is 3.03. The van der Waals surface area contributed by atoms with Gasteiger partial charge in [-0.15, -0.1) is 0 Å². The molecule has 110 valence electrons. The minimum atomic E-state index is 0.451. The SMILES string of the molecule is Clc1ccc(CSc2nc(Cl)cc(-c3ccccc3)n2)cc1. The van der Waals surface area contributed by atoms with E-state index in [4.69, 9.17) is 23.2 Å². The Morgan fingerprint density at radius 1 is 0.864 bits per heavy atom. The molecule has 3 rings (SSSR count). The van der Waals surface area contributed by atoms with Crippen LogP contribution in [-0.4, -0.2) is 9.97 Å². The van der Waals surface area contributed by atoms with Gasteiger partial charge in [0.25, 0.3) is 0 Å². The van der Waals surface area contributed by atoms with Crippen molar-refractivity contribution in [3.8, 4) is 11.3 Å². The van der Waals surface area contributed by atoms with Gasteiger partial charge >= 0.3 is 0 Å². The highest BCUT2D eigenvalue weighted by Gasteiger charge is 2.06. The van der Waals surface area contributed by atoms with Crippen molar-refractivity contribution in [3.05, 3.63) is 76.4 Å². The van der Waals surface area contributed by atoms with Crippen LogP contribution in [0.25, 0.3) is 11.3 Å². The number of halogens is 2. The standard InChI is InChI=1S/C17H12Cl2N2S/c18-14-8-6-12(7-9-14)11-22-17-20-15(10-16(19)21-17)13-4-2-1-3-5-13/h1-10H,11H2. The fourth-order valence-corrected chi connectivity index (χ4v) is 3.12. The van der Waals surface area contributed by atoms with Crippen LogP contribution < -0.4 is 0 Å². The molecule has 0 fully saturated rings. The van der Waals surface area contributed by atoms with Crippen LogP contribution in [0.15, 0.2) is 65.8 Å². The Kier molecular flexibility index (Phi) is 4.98. The molecule has 5 heteroatoms. The van der Waals surface area contributed by atoms with Crippen LogP contribution in [0.5, 0.6) is 0 Å². The minimum Gasteiger partial charge on any atom is -0.222 e. The van der Waals surface area contributed by atoms with E-state index in [0.717, 1.165) is 22.0 Å². The molecule has 0 unspecified atom stereocenters. The lowest BCUT2D eigenvalue weighted by Gasteiger charge is -2.05. The maximum atomic E-state index is 6.12. The molecule has 22 heavy (non-hydrogen) atoms. The Hall–Kier alpha value is -1.55. The Balaban J connectivity index is 1.79. The van der Waals surface area contributed by atoms with Gasteiger partial charge in [-0.1, -0.05) is 77.4 Å². The van der Waals surface area contributed by atoms with Gasteiger partial charge in [-0.3, -0.25) is 0 Å². The van der Waals surface area contributed by atoms with Gasteiger partial charge in [-0.25, -0.2) is 9.97 Å². The summed E-state index contributed by atoms with van der Waals surface area (Å²) >= 11 is 13.6. The second-order valence-corrected chi connectivity index (χ2v) is 6.41. The monoisotopic (exact) mass is 346 g/mol. The highest BCUT2D eigenvalue weighted by atomic mass is 35.5. The molecule has 0 saturated heterocycles. The first kappa shape index (κ1) is 15.3. The molecule has 0 bridgehead atoms. The molecule has 0 amide bonds. The molecule has 0 N–H and O–H groups in total. The summed E-state index contributed by atoms with van der Waals surface area (Å²) in [6.45, 7) is 0. The average molecular weight is 347 g/mol. The van der Waals surface area contributed by atoms with Gasteiger partial charge in [0.2, 0.25) is 0 Å². The van der Waals surface area contributed by atoms with Gasteiger partial charge in [0.15, 0.2) is 5.16 Å². The summed E-state index contributed by atoms with van der Waals surface area (Å²) in [5, 5.41) is 1.85. The fraction of sp³-hybridized carbons (Fsp3) is 0.0588. The lowest BCUT2D eigenvalue weighted by molar-refractivity contribution is 0.973. The summed E-state index contributed by atoms with van der Waals surface area (Å²) in [5.74, 6) is 0.770. The highest BCUT2D eigenvalue weighted by molar-refractivity contribution is 7.98. The summed E-state index contributed by atoms with van der Waals surface area (Å²) in [6, 6.07) is 19.5. The van der Waals surface area contributed by atoms with Crippen LogP contribution in [0.1, 0.15) is 5.56 Å². The zero-order valence-electron chi connectivity index (χ0n) is 11.5. The second-order valence-electron chi connectivity index (χ2n) is 4.64. The Morgan fingerprint density at radius 2 is 1.59 bits per heavy atom. The van der Waals surface area contributed by atoms with Crippen molar-refractivity contribution in [1.82, 2.24) is 9.97 Å². The van der Waals surface area contributed by atoms with Crippen molar-refractivity contribution in [2.45, 2.75) is 10.9 Å². The molecule has 0 radical (unpaired) electrons. The van der Waals surface area contributed by atoms with Gasteiger partial charge < -0.3 is 0 Å². The number of nitrogens with zero attached hydrogens (tertiary/aromatic N) is 2. The zero-order valence-corrected chi connectivity index (χ0v) is 13.9. The first-order valence-corrected chi connectivity index (χ1v) is 8.42. The predicted molar refractivity (Wildman–Crippen MR) is 93.5 cm³/mol. The molecule has 2 aromatic carbocycles. The van der Waals surface area contributed by atoms with Gasteiger partial charge in [0.1, 0.15) is 5.15 Å². The summed E-state index contributed by atoms with van der Waals surface area (Å²) in [6.07, 6.45) is 0. The number of aromatic nitrogens is 2. The number of thioether (sulfide) groups is 1. The van der Waals surface area contributed by atoms with E-state index >= 15 is 0 Å². The van der Waals surface area contributed by atoms with Crippen molar-refractivity contribution in [3.63, 3.8) is 0 Å². The second kappa shape index (κ2) is 7.14. The summed E-state index contributed by atoms with van der Waals surface area (Å²) in [7, 11) is 0. The van der Waals surface area contributed by atoms with Crippen molar-refractivity contribution in [2.75, 3.05) is 0 Å². The normalized spacial score (nSPS) is 10.6. The number of rotatable bonds is 4. The third kappa shape index (κ3) is 4.01.